The molecule has 0 saturated carbocycles. The SMILES string of the molecule is C/C=C\C(=C/C(C)=O)c1cc(-c2cccnc2)c2sc(NC(C)=O)nc2c1. The zero-order chi connectivity index (χ0) is 19.4. The lowest BCUT2D eigenvalue weighted by Crippen LogP contribution is -2.04. The normalized spacial score (nSPS) is 11.9. The van der Waals surface area contributed by atoms with E-state index in [0.29, 0.717) is 5.13 Å². The molecule has 0 bridgehead atoms. The van der Waals surface area contributed by atoms with Crippen molar-refractivity contribution in [1.82, 2.24) is 9.97 Å². The van der Waals surface area contributed by atoms with Gasteiger partial charge in [0.2, 0.25) is 5.91 Å². The summed E-state index contributed by atoms with van der Waals surface area (Å²) in [6, 6.07) is 7.82. The first-order chi connectivity index (χ1) is 13.0. The van der Waals surface area contributed by atoms with E-state index in [0.717, 1.165) is 32.5 Å². The number of carbonyl (C=O) groups excluding carboxylic acids is 2. The number of fused-ring (bicyclic) bond motifs is 1. The molecule has 1 aromatic carbocycles. The van der Waals surface area contributed by atoms with Crippen LogP contribution < -0.4 is 5.32 Å². The summed E-state index contributed by atoms with van der Waals surface area (Å²) in [5.41, 5.74) is 4.37. The fraction of sp³-hybridized carbons (Fsp3) is 0.143. The van der Waals surface area contributed by atoms with Crippen molar-refractivity contribution in [3.63, 3.8) is 0 Å². The Morgan fingerprint density at radius 2 is 2.04 bits per heavy atom. The van der Waals surface area contributed by atoms with Gasteiger partial charge in [-0.15, -0.1) is 0 Å². The van der Waals surface area contributed by atoms with E-state index in [9.17, 15) is 9.59 Å². The summed E-state index contributed by atoms with van der Waals surface area (Å²) >= 11 is 1.42. The van der Waals surface area contributed by atoms with Gasteiger partial charge in [-0.2, -0.15) is 0 Å². The van der Waals surface area contributed by atoms with Crippen LogP contribution in [-0.4, -0.2) is 21.7 Å². The van der Waals surface area contributed by atoms with Crippen molar-refractivity contribution in [1.29, 1.82) is 0 Å². The second kappa shape index (κ2) is 8.05. The molecule has 0 aliphatic rings. The Balaban J connectivity index is 2.27. The number of anilines is 1. The molecule has 3 aromatic rings. The van der Waals surface area contributed by atoms with Crippen LogP contribution in [0.4, 0.5) is 5.13 Å². The third-order valence-electron chi connectivity index (χ3n) is 3.78. The molecule has 3 rings (SSSR count). The fourth-order valence-electron chi connectivity index (χ4n) is 2.77. The Kier molecular flexibility index (Phi) is 5.57. The highest BCUT2D eigenvalue weighted by Crippen LogP contribution is 2.37. The smallest absolute Gasteiger partial charge is 0.223 e. The highest BCUT2D eigenvalue weighted by Gasteiger charge is 2.14. The number of ketones is 1. The van der Waals surface area contributed by atoms with Crippen molar-refractivity contribution in [2.45, 2.75) is 20.8 Å². The molecule has 1 amide bonds. The van der Waals surface area contributed by atoms with E-state index < -0.39 is 0 Å². The van der Waals surface area contributed by atoms with E-state index in [2.05, 4.69) is 15.3 Å². The quantitative estimate of drug-likeness (QED) is 0.509. The molecule has 27 heavy (non-hydrogen) atoms. The van der Waals surface area contributed by atoms with Crippen LogP contribution in [0.1, 0.15) is 26.3 Å². The van der Waals surface area contributed by atoms with Gasteiger partial charge in [-0.3, -0.25) is 14.6 Å². The number of rotatable bonds is 5. The van der Waals surface area contributed by atoms with Gasteiger partial charge < -0.3 is 5.32 Å². The minimum atomic E-state index is -0.164. The van der Waals surface area contributed by atoms with Crippen molar-refractivity contribution in [2.75, 3.05) is 5.32 Å². The first-order valence-corrected chi connectivity index (χ1v) is 9.27. The zero-order valence-electron chi connectivity index (χ0n) is 15.3. The summed E-state index contributed by atoms with van der Waals surface area (Å²) < 4.78 is 0.957. The number of benzene rings is 1. The summed E-state index contributed by atoms with van der Waals surface area (Å²) in [7, 11) is 0. The summed E-state index contributed by atoms with van der Waals surface area (Å²) in [5, 5.41) is 3.29. The number of hydrogen-bond donors (Lipinski definition) is 1. The monoisotopic (exact) mass is 377 g/mol. The van der Waals surface area contributed by atoms with Gasteiger partial charge in [0, 0.05) is 30.4 Å². The molecule has 0 aliphatic carbocycles. The molecule has 1 N–H and O–H groups in total. The van der Waals surface area contributed by atoms with Crippen molar-refractivity contribution >= 4 is 43.9 Å². The van der Waals surface area contributed by atoms with E-state index in [1.165, 1.54) is 25.2 Å². The second-order valence-corrected chi connectivity index (χ2v) is 7.02. The van der Waals surface area contributed by atoms with Gasteiger partial charge in [-0.1, -0.05) is 29.6 Å². The Morgan fingerprint density at radius 3 is 2.67 bits per heavy atom. The summed E-state index contributed by atoms with van der Waals surface area (Å²) in [5.74, 6) is -0.188. The molecular formula is C21H19N3O2S. The molecule has 0 radical (unpaired) electrons. The first kappa shape index (κ1) is 18.7. The Hall–Kier alpha value is -3.12. The maximum atomic E-state index is 11.7. The molecule has 0 spiro atoms. The van der Waals surface area contributed by atoms with E-state index >= 15 is 0 Å². The lowest BCUT2D eigenvalue weighted by Gasteiger charge is -2.08. The van der Waals surface area contributed by atoms with Crippen molar-refractivity contribution in [2.24, 2.45) is 0 Å². The van der Waals surface area contributed by atoms with Crippen LogP contribution >= 0.6 is 11.3 Å². The standard InChI is InChI=1S/C21H19N3O2S/c1-4-6-15(9-13(2)25)17-10-18(16-7-5-8-22-12-16)20-19(11-17)24-21(27-20)23-14(3)26/h4-12H,1-3H3,(H,23,24,26)/b6-4-,15-9+. The third-order valence-corrected chi connectivity index (χ3v) is 4.80. The number of carbonyl (C=O) groups is 2. The maximum absolute atomic E-state index is 11.7. The fourth-order valence-corrected chi connectivity index (χ4v) is 3.79. The minimum Gasteiger partial charge on any atom is -0.302 e. The van der Waals surface area contributed by atoms with Crippen LogP contribution in [0.3, 0.4) is 0 Å². The lowest BCUT2D eigenvalue weighted by molar-refractivity contribution is -0.114. The van der Waals surface area contributed by atoms with Crippen LogP contribution in [0.2, 0.25) is 0 Å². The van der Waals surface area contributed by atoms with Gasteiger partial charge in [0.05, 0.1) is 10.2 Å². The molecule has 6 heteroatoms. The Labute approximate surface area is 161 Å². The maximum Gasteiger partial charge on any atom is 0.223 e. The van der Waals surface area contributed by atoms with E-state index in [1.807, 2.05) is 43.3 Å². The van der Waals surface area contributed by atoms with E-state index in [1.54, 1.807) is 18.5 Å². The van der Waals surface area contributed by atoms with Crippen molar-refractivity contribution < 1.29 is 9.59 Å². The summed E-state index contributed by atoms with van der Waals surface area (Å²) in [6.45, 7) is 4.90. The van der Waals surface area contributed by atoms with Gasteiger partial charge in [0.15, 0.2) is 10.9 Å². The number of allylic oxidation sites excluding steroid dienone is 4. The molecule has 2 aromatic heterocycles. The van der Waals surface area contributed by atoms with Crippen LogP contribution in [0, 0.1) is 0 Å². The molecule has 0 fully saturated rings. The third kappa shape index (κ3) is 4.35. The predicted octanol–water partition coefficient (Wildman–Crippen LogP) is 4.87. The molecule has 136 valence electrons. The number of pyridine rings is 1. The van der Waals surface area contributed by atoms with Crippen molar-refractivity contribution in [3.05, 3.63) is 60.5 Å². The number of nitrogens with zero attached hydrogens (tertiary/aromatic N) is 2. The van der Waals surface area contributed by atoms with Crippen LogP contribution in [-0.2, 0) is 9.59 Å². The number of nitrogens with one attached hydrogen (secondary N) is 1. The van der Waals surface area contributed by atoms with Crippen molar-refractivity contribution in [3.8, 4) is 11.1 Å². The predicted molar refractivity (Wildman–Crippen MR) is 111 cm³/mol. The molecular weight excluding hydrogens is 358 g/mol. The number of amides is 1. The molecule has 2 heterocycles. The number of hydrogen-bond acceptors (Lipinski definition) is 5. The van der Waals surface area contributed by atoms with Gasteiger partial charge in [0.25, 0.3) is 0 Å². The van der Waals surface area contributed by atoms with Gasteiger partial charge in [0.1, 0.15) is 0 Å². The van der Waals surface area contributed by atoms with Crippen LogP contribution in [0.15, 0.2) is 54.9 Å². The molecule has 0 unspecified atom stereocenters. The van der Waals surface area contributed by atoms with Gasteiger partial charge in [-0.05, 0) is 49.3 Å². The topological polar surface area (TPSA) is 72.0 Å². The van der Waals surface area contributed by atoms with E-state index in [4.69, 9.17) is 0 Å². The summed E-state index contributed by atoms with van der Waals surface area (Å²) in [6.07, 6.45) is 8.92. The average Bonchev–Trinajstić information content (AvgIpc) is 3.02. The number of thiazole rings is 1. The molecule has 0 aliphatic heterocycles. The summed E-state index contributed by atoms with van der Waals surface area (Å²) in [4.78, 5) is 31.8. The van der Waals surface area contributed by atoms with Gasteiger partial charge in [-0.25, -0.2) is 4.98 Å². The van der Waals surface area contributed by atoms with Crippen LogP contribution in [0.5, 0.6) is 0 Å². The van der Waals surface area contributed by atoms with Gasteiger partial charge >= 0.3 is 0 Å². The second-order valence-electron chi connectivity index (χ2n) is 6.02. The number of aromatic nitrogens is 2. The largest absolute Gasteiger partial charge is 0.302 e. The molecule has 5 nitrogen and oxygen atoms in total. The lowest BCUT2D eigenvalue weighted by atomic mass is 9.98. The highest BCUT2D eigenvalue weighted by molar-refractivity contribution is 7.22. The molecule has 0 atom stereocenters. The minimum absolute atomic E-state index is 0.0247. The first-order valence-electron chi connectivity index (χ1n) is 8.46. The average molecular weight is 377 g/mol. The highest BCUT2D eigenvalue weighted by atomic mass is 32.1. The Morgan fingerprint density at radius 1 is 1.22 bits per heavy atom. The zero-order valence-corrected chi connectivity index (χ0v) is 16.1. The van der Waals surface area contributed by atoms with E-state index in [-0.39, 0.29) is 11.7 Å². The molecule has 0 saturated heterocycles. The Bertz CT molecular complexity index is 1070. The van der Waals surface area contributed by atoms with Crippen LogP contribution in [0.25, 0.3) is 26.9 Å².